The third-order valence-electron chi connectivity index (χ3n) is 2.93. The van der Waals surface area contributed by atoms with Crippen LogP contribution in [0.1, 0.15) is 40.5 Å². The van der Waals surface area contributed by atoms with Crippen LogP contribution in [0.3, 0.4) is 0 Å². The predicted octanol–water partition coefficient (Wildman–Crippen LogP) is 1.37. The molecule has 1 saturated heterocycles. The average Bonchev–Trinajstić information content (AvgIpc) is 2.48. The van der Waals surface area contributed by atoms with Gasteiger partial charge in [0.15, 0.2) is 0 Å². The average molecular weight is 198 g/mol. The van der Waals surface area contributed by atoms with Gasteiger partial charge in [-0.1, -0.05) is 20.8 Å². The van der Waals surface area contributed by atoms with Gasteiger partial charge in [-0.2, -0.15) is 0 Å². The zero-order chi connectivity index (χ0) is 10.9. The van der Waals surface area contributed by atoms with E-state index in [1.54, 1.807) is 6.92 Å². The van der Waals surface area contributed by atoms with E-state index in [0.717, 1.165) is 19.4 Å². The quantitative estimate of drug-likeness (QED) is 0.691. The molecule has 2 unspecified atom stereocenters. The number of rotatable bonds is 1. The van der Waals surface area contributed by atoms with Crippen LogP contribution in [0, 0.1) is 5.41 Å². The number of amides is 1. The molecule has 0 aromatic heterocycles. The summed E-state index contributed by atoms with van der Waals surface area (Å²) in [5.74, 6) is 0.0995. The van der Waals surface area contributed by atoms with Crippen molar-refractivity contribution in [2.45, 2.75) is 52.6 Å². The molecule has 0 radical (unpaired) electrons. The van der Waals surface area contributed by atoms with Crippen LogP contribution in [0.4, 0.5) is 0 Å². The minimum absolute atomic E-state index is 0.0995. The van der Waals surface area contributed by atoms with Gasteiger partial charge in [0.2, 0.25) is 5.91 Å². The second kappa shape index (κ2) is 3.89. The summed E-state index contributed by atoms with van der Waals surface area (Å²) in [5, 5.41) is 0. The summed E-state index contributed by atoms with van der Waals surface area (Å²) in [6.45, 7) is 9.20. The van der Waals surface area contributed by atoms with E-state index in [1.807, 2.05) is 4.90 Å². The van der Waals surface area contributed by atoms with Gasteiger partial charge in [-0.3, -0.25) is 4.79 Å². The molecule has 2 N–H and O–H groups in total. The zero-order valence-corrected chi connectivity index (χ0v) is 9.71. The first-order valence-electron chi connectivity index (χ1n) is 5.40. The fraction of sp³-hybridized carbons (Fsp3) is 0.909. The SMILES string of the molecule is CC(N)C(=O)N1CCCC1C(C)(C)C. The van der Waals surface area contributed by atoms with E-state index < -0.39 is 0 Å². The molecule has 1 aliphatic rings. The van der Waals surface area contributed by atoms with E-state index in [9.17, 15) is 4.79 Å². The van der Waals surface area contributed by atoms with Crippen molar-refractivity contribution >= 4 is 5.91 Å². The molecule has 1 aliphatic heterocycles. The Kier molecular flexibility index (Phi) is 3.20. The van der Waals surface area contributed by atoms with Crippen LogP contribution >= 0.6 is 0 Å². The minimum atomic E-state index is -0.363. The third-order valence-corrected chi connectivity index (χ3v) is 2.93. The summed E-state index contributed by atoms with van der Waals surface area (Å²) in [5.41, 5.74) is 5.80. The molecule has 0 aromatic rings. The fourth-order valence-electron chi connectivity index (χ4n) is 2.19. The summed E-state index contributed by atoms with van der Waals surface area (Å²) in [6.07, 6.45) is 2.22. The van der Waals surface area contributed by atoms with Crippen LogP contribution in [0.25, 0.3) is 0 Å². The standard InChI is InChI=1S/C11H22N2O/c1-8(12)10(14)13-7-5-6-9(13)11(2,3)4/h8-9H,5-7,12H2,1-4H3. The molecule has 0 aromatic carbocycles. The lowest BCUT2D eigenvalue weighted by molar-refractivity contribution is -0.134. The maximum absolute atomic E-state index is 11.8. The minimum Gasteiger partial charge on any atom is -0.338 e. The van der Waals surface area contributed by atoms with Crippen molar-refractivity contribution in [1.82, 2.24) is 4.90 Å². The van der Waals surface area contributed by atoms with Gasteiger partial charge in [0, 0.05) is 12.6 Å². The van der Waals surface area contributed by atoms with E-state index in [2.05, 4.69) is 20.8 Å². The Hall–Kier alpha value is -0.570. The largest absolute Gasteiger partial charge is 0.338 e. The summed E-state index contributed by atoms with van der Waals surface area (Å²) in [6, 6.07) is -0.000972. The number of hydrogen-bond acceptors (Lipinski definition) is 2. The highest BCUT2D eigenvalue weighted by atomic mass is 16.2. The van der Waals surface area contributed by atoms with Crippen LogP contribution in [0.5, 0.6) is 0 Å². The predicted molar refractivity (Wildman–Crippen MR) is 57.8 cm³/mol. The van der Waals surface area contributed by atoms with E-state index >= 15 is 0 Å². The lowest BCUT2D eigenvalue weighted by Crippen LogP contribution is -2.48. The van der Waals surface area contributed by atoms with Gasteiger partial charge in [-0.05, 0) is 25.2 Å². The monoisotopic (exact) mass is 198 g/mol. The lowest BCUT2D eigenvalue weighted by atomic mass is 9.85. The Labute approximate surface area is 86.6 Å². The highest BCUT2D eigenvalue weighted by Crippen LogP contribution is 2.32. The normalized spacial score (nSPS) is 25.2. The Bertz CT molecular complexity index is 218. The smallest absolute Gasteiger partial charge is 0.239 e. The van der Waals surface area contributed by atoms with Crippen molar-refractivity contribution < 1.29 is 4.79 Å². The Morgan fingerprint density at radius 3 is 2.50 bits per heavy atom. The number of carbonyl (C=O) groups is 1. The van der Waals surface area contributed by atoms with E-state index in [1.165, 1.54) is 0 Å². The van der Waals surface area contributed by atoms with Gasteiger partial charge < -0.3 is 10.6 Å². The van der Waals surface area contributed by atoms with Gasteiger partial charge in [-0.15, -0.1) is 0 Å². The van der Waals surface area contributed by atoms with E-state index in [0.29, 0.717) is 6.04 Å². The summed E-state index contributed by atoms with van der Waals surface area (Å²) in [4.78, 5) is 13.8. The highest BCUT2D eigenvalue weighted by Gasteiger charge is 2.37. The van der Waals surface area contributed by atoms with Crippen LogP contribution < -0.4 is 5.73 Å². The molecule has 1 rings (SSSR count). The first-order valence-corrected chi connectivity index (χ1v) is 5.40. The first-order chi connectivity index (χ1) is 6.34. The van der Waals surface area contributed by atoms with Crippen molar-refractivity contribution in [3.63, 3.8) is 0 Å². The second-order valence-corrected chi connectivity index (χ2v) is 5.34. The molecular formula is C11H22N2O. The van der Waals surface area contributed by atoms with Gasteiger partial charge in [0.25, 0.3) is 0 Å². The molecule has 0 bridgehead atoms. The maximum Gasteiger partial charge on any atom is 0.239 e. The van der Waals surface area contributed by atoms with Crippen LogP contribution in [-0.4, -0.2) is 29.4 Å². The summed E-state index contributed by atoms with van der Waals surface area (Å²) < 4.78 is 0. The highest BCUT2D eigenvalue weighted by molar-refractivity contribution is 5.81. The Morgan fingerprint density at radius 1 is 1.50 bits per heavy atom. The van der Waals surface area contributed by atoms with Crippen molar-refractivity contribution in [3.8, 4) is 0 Å². The molecule has 0 spiro atoms. The number of nitrogens with zero attached hydrogens (tertiary/aromatic N) is 1. The van der Waals surface area contributed by atoms with Gasteiger partial charge in [0.1, 0.15) is 0 Å². The van der Waals surface area contributed by atoms with E-state index in [4.69, 9.17) is 5.73 Å². The molecule has 2 atom stereocenters. The molecule has 82 valence electrons. The van der Waals surface area contributed by atoms with Gasteiger partial charge >= 0.3 is 0 Å². The first kappa shape index (κ1) is 11.5. The van der Waals surface area contributed by atoms with Crippen molar-refractivity contribution in [1.29, 1.82) is 0 Å². The topological polar surface area (TPSA) is 46.3 Å². The Morgan fingerprint density at radius 2 is 2.07 bits per heavy atom. The third kappa shape index (κ3) is 2.27. The molecule has 1 heterocycles. The Balaban J connectivity index is 2.74. The number of carbonyl (C=O) groups excluding carboxylic acids is 1. The summed E-state index contributed by atoms with van der Waals surface area (Å²) in [7, 11) is 0. The van der Waals surface area contributed by atoms with Crippen molar-refractivity contribution in [2.24, 2.45) is 11.1 Å². The second-order valence-electron chi connectivity index (χ2n) is 5.34. The van der Waals surface area contributed by atoms with Crippen molar-refractivity contribution in [2.75, 3.05) is 6.54 Å². The molecule has 3 heteroatoms. The molecule has 3 nitrogen and oxygen atoms in total. The lowest BCUT2D eigenvalue weighted by Gasteiger charge is -2.35. The molecule has 1 fully saturated rings. The zero-order valence-electron chi connectivity index (χ0n) is 9.71. The molecular weight excluding hydrogens is 176 g/mol. The molecule has 1 amide bonds. The number of likely N-dealkylation sites (tertiary alicyclic amines) is 1. The van der Waals surface area contributed by atoms with Crippen molar-refractivity contribution in [3.05, 3.63) is 0 Å². The van der Waals surface area contributed by atoms with Gasteiger partial charge in [0.05, 0.1) is 6.04 Å². The van der Waals surface area contributed by atoms with Crippen LogP contribution in [0.15, 0.2) is 0 Å². The summed E-state index contributed by atoms with van der Waals surface area (Å²) >= 11 is 0. The van der Waals surface area contributed by atoms with Crippen LogP contribution in [-0.2, 0) is 4.79 Å². The number of nitrogens with two attached hydrogens (primary N) is 1. The fourth-order valence-corrected chi connectivity index (χ4v) is 2.19. The number of hydrogen-bond donors (Lipinski definition) is 1. The molecule has 14 heavy (non-hydrogen) atoms. The maximum atomic E-state index is 11.8. The van der Waals surface area contributed by atoms with E-state index in [-0.39, 0.29) is 17.4 Å². The molecule has 0 saturated carbocycles. The van der Waals surface area contributed by atoms with Gasteiger partial charge in [-0.25, -0.2) is 0 Å². The molecule has 0 aliphatic carbocycles. The van der Waals surface area contributed by atoms with Crippen LogP contribution in [0.2, 0.25) is 0 Å².